The van der Waals surface area contributed by atoms with Gasteiger partial charge in [0.15, 0.2) is 0 Å². The Balaban J connectivity index is 1.86. The number of hydrogen-bond acceptors (Lipinski definition) is 8. The molecule has 0 aliphatic heterocycles. The van der Waals surface area contributed by atoms with Crippen LogP contribution in [-0.4, -0.2) is 41.3 Å². The van der Waals surface area contributed by atoms with Crippen molar-refractivity contribution >= 4 is 44.7 Å². The molecular formula is C22H19F5N8O4S. The molecule has 2 amide bonds. The number of carbonyl (C=O) groups is 2. The monoisotopic (exact) mass is 586 g/mol. The summed E-state index contributed by atoms with van der Waals surface area (Å²) >= 11 is 0.635. The number of alkyl halides is 5. The van der Waals surface area contributed by atoms with Crippen molar-refractivity contribution in [2.45, 2.75) is 46.5 Å². The number of primary amides is 1. The number of nitrogens with zero attached hydrogens (tertiary/aromatic N) is 6. The first-order valence-corrected chi connectivity index (χ1v) is 12.1. The molecule has 0 saturated carbocycles. The maximum absolute atomic E-state index is 13.7. The Morgan fingerprint density at radius 1 is 1.20 bits per heavy atom. The van der Waals surface area contributed by atoms with E-state index >= 15 is 0 Å². The molecule has 0 spiro atoms. The molecule has 0 fully saturated rings. The quantitative estimate of drug-likeness (QED) is 0.173. The Kier molecular flexibility index (Phi) is 7.31. The van der Waals surface area contributed by atoms with Crippen LogP contribution >= 0.6 is 11.3 Å². The number of aromatic nitrogens is 5. The minimum atomic E-state index is -5.17. The second-order valence-electron chi connectivity index (χ2n) is 8.45. The van der Waals surface area contributed by atoms with Crippen molar-refractivity contribution in [3.8, 4) is 11.1 Å². The van der Waals surface area contributed by atoms with Gasteiger partial charge >= 0.3 is 11.9 Å². The van der Waals surface area contributed by atoms with E-state index in [9.17, 15) is 41.7 Å². The van der Waals surface area contributed by atoms with Crippen molar-refractivity contribution in [3.05, 3.63) is 50.0 Å². The van der Waals surface area contributed by atoms with E-state index < -0.39 is 58.7 Å². The summed E-state index contributed by atoms with van der Waals surface area (Å²) in [5, 5.41) is 21.1. The second-order valence-corrected chi connectivity index (χ2v) is 9.45. The first-order chi connectivity index (χ1) is 18.6. The number of thiophene rings is 1. The first kappa shape index (κ1) is 28.5. The van der Waals surface area contributed by atoms with E-state index in [4.69, 9.17) is 5.73 Å². The Morgan fingerprint density at radius 3 is 2.38 bits per heavy atom. The van der Waals surface area contributed by atoms with Crippen LogP contribution in [0.25, 0.3) is 21.3 Å². The molecule has 0 radical (unpaired) electrons. The third-order valence-electron chi connectivity index (χ3n) is 6.01. The Morgan fingerprint density at radius 2 is 1.88 bits per heavy atom. The van der Waals surface area contributed by atoms with Crippen LogP contribution in [0.3, 0.4) is 0 Å². The number of hydrogen-bond donors (Lipinski definition) is 2. The molecule has 18 heteroatoms. The average Bonchev–Trinajstić information content (AvgIpc) is 3.51. The summed E-state index contributed by atoms with van der Waals surface area (Å²) in [4.78, 5) is 38.9. The highest BCUT2D eigenvalue weighted by atomic mass is 32.1. The van der Waals surface area contributed by atoms with Crippen molar-refractivity contribution < 1.29 is 36.5 Å². The smallest absolute Gasteiger partial charge is 0.365 e. The zero-order valence-corrected chi connectivity index (χ0v) is 21.7. The number of carbonyl (C=O) groups excluding carboxylic acids is 2. The number of fused-ring (bicyclic) bond motifs is 1. The number of nitrogens with two attached hydrogens (primary N) is 1. The van der Waals surface area contributed by atoms with E-state index in [1.165, 1.54) is 6.20 Å². The zero-order valence-electron chi connectivity index (χ0n) is 20.8. The minimum absolute atomic E-state index is 0.0641. The molecule has 212 valence electrons. The molecule has 12 nitrogen and oxygen atoms in total. The van der Waals surface area contributed by atoms with E-state index in [1.54, 1.807) is 11.6 Å². The van der Waals surface area contributed by atoms with Gasteiger partial charge in [-0.1, -0.05) is 0 Å². The summed E-state index contributed by atoms with van der Waals surface area (Å²) in [5.74, 6) is -2.06. The van der Waals surface area contributed by atoms with E-state index in [0.717, 1.165) is 13.0 Å². The molecule has 3 N–H and O–H groups in total. The van der Waals surface area contributed by atoms with Gasteiger partial charge in [0.25, 0.3) is 12.3 Å². The highest BCUT2D eigenvalue weighted by molar-refractivity contribution is 7.21. The van der Waals surface area contributed by atoms with Gasteiger partial charge in [-0.15, -0.1) is 11.3 Å². The molecule has 0 aromatic carbocycles. The van der Waals surface area contributed by atoms with Crippen LogP contribution in [0, 0.1) is 24.0 Å². The normalized spacial score (nSPS) is 11.9. The van der Waals surface area contributed by atoms with Gasteiger partial charge in [0.1, 0.15) is 27.6 Å². The van der Waals surface area contributed by atoms with Crippen LogP contribution in [-0.2, 0) is 24.1 Å². The van der Waals surface area contributed by atoms with Gasteiger partial charge < -0.3 is 11.1 Å². The highest BCUT2D eigenvalue weighted by Crippen LogP contribution is 2.43. The molecule has 4 rings (SSSR count). The Bertz CT molecular complexity index is 1670. The van der Waals surface area contributed by atoms with Gasteiger partial charge in [0, 0.05) is 23.2 Å². The fourth-order valence-corrected chi connectivity index (χ4v) is 5.19. The molecular weight excluding hydrogens is 567 g/mol. The van der Waals surface area contributed by atoms with Gasteiger partial charge in [-0.05, 0) is 32.4 Å². The SMILES string of the molecule is CCn1ncc(-c2cc(C(F)F)nc3sc(C(N)=O)c(NC(=O)Cn4nc(C(F)(F)F)c([N+](=O)[O-])c4C)c23)c1C. The number of halogens is 5. The number of nitrogens with one attached hydrogen (secondary N) is 1. The van der Waals surface area contributed by atoms with Crippen molar-refractivity contribution in [1.82, 2.24) is 24.5 Å². The number of pyridine rings is 1. The molecule has 0 aliphatic rings. The molecule has 0 aliphatic carbocycles. The topological polar surface area (TPSA) is 164 Å². The molecule has 0 bridgehead atoms. The lowest BCUT2D eigenvalue weighted by atomic mass is 10.0. The maximum atomic E-state index is 13.7. The van der Waals surface area contributed by atoms with E-state index in [0.29, 0.717) is 33.8 Å². The van der Waals surface area contributed by atoms with Gasteiger partial charge in [0.05, 0.1) is 16.8 Å². The van der Waals surface area contributed by atoms with Crippen LogP contribution in [0.15, 0.2) is 12.3 Å². The standard InChI is InChI=1S/C22H19F5N8O4S/c1-4-33-8(2)11(6-29-33)10-5-12(19(23)24)30-21-14(10)15(17(40-21)20(28)37)31-13(36)7-34-9(3)16(35(38)39)18(32-34)22(25,26)27/h5-6,19H,4,7H2,1-3H3,(H2,28,37)(H,31,36). The summed E-state index contributed by atoms with van der Waals surface area (Å²) in [6, 6.07) is 1.08. The fraction of sp³-hybridized carbons (Fsp3) is 0.318. The van der Waals surface area contributed by atoms with E-state index in [-0.39, 0.29) is 26.3 Å². The van der Waals surface area contributed by atoms with Crippen LogP contribution in [0.2, 0.25) is 0 Å². The second kappa shape index (κ2) is 10.2. The molecule has 0 saturated heterocycles. The highest BCUT2D eigenvalue weighted by Gasteiger charge is 2.44. The van der Waals surface area contributed by atoms with Crippen LogP contribution < -0.4 is 11.1 Å². The molecule has 40 heavy (non-hydrogen) atoms. The van der Waals surface area contributed by atoms with Crippen molar-refractivity contribution in [1.29, 1.82) is 0 Å². The molecule has 4 aromatic rings. The minimum Gasteiger partial charge on any atom is -0.365 e. The van der Waals surface area contributed by atoms with Gasteiger partial charge in [-0.3, -0.25) is 29.1 Å². The van der Waals surface area contributed by atoms with Gasteiger partial charge in [-0.2, -0.15) is 23.4 Å². The number of rotatable bonds is 8. The van der Waals surface area contributed by atoms with Crippen LogP contribution in [0.4, 0.5) is 33.3 Å². The number of aryl methyl sites for hydroxylation is 1. The van der Waals surface area contributed by atoms with E-state index in [1.807, 2.05) is 6.92 Å². The van der Waals surface area contributed by atoms with Crippen LogP contribution in [0.1, 0.15) is 45.8 Å². The summed E-state index contributed by atoms with van der Waals surface area (Å²) in [6.45, 7) is 4.03. The first-order valence-electron chi connectivity index (χ1n) is 11.3. The third-order valence-corrected chi connectivity index (χ3v) is 7.10. The number of anilines is 1. The number of nitro groups is 1. The van der Waals surface area contributed by atoms with Crippen molar-refractivity contribution in [2.24, 2.45) is 5.73 Å². The molecule has 0 atom stereocenters. The summed E-state index contributed by atoms with van der Waals surface area (Å²) in [6.07, 6.45) is -6.73. The molecule has 0 unspecified atom stereocenters. The van der Waals surface area contributed by atoms with Gasteiger partial charge in [-0.25, -0.2) is 13.8 Å². The largest absolute Gasteiger partial charge is 0.442 e. The molecule has 4 aromatic heterocycles. The summed E-state index contributed by atoms with van der Waals surface area (Å²) in [7, 11) is 0. The van der Waals surface area contributed by atoms with Gasteiger partial charge in [0.2, 0.25) is 11.6 Å². The van der Waals surface area contributed by atoms with Crippen molar-refractivity contribution in [3.63, 3.8) is 0 Å². The number of amides is 2. The Labute approximate surface area is 224 Å². The summed E-state index contributed by atoms with van der Waals surface area (Å²) < 4.78 is 69.5. The lowest BCUT2D eigenvalue weighted by molar-refractivity contribution is -0.388. The van der Waals surface area contributed by atoms with Crippen LogP contribution in [0.5, 0.6) is 0 Å². The lowest BCUT2D eigenvalue weighted by Gasteiger charge is -2.11. The average molecular weight is 587 g/mol. The Hall–Kier alpha value is -4.48. The predicted molar refractivity (Wildman–Crippen MR) is 132 cm³/mol. The lowest BCUT2D eigenvalue weighted by Crippen LogP contribution is -2.22. The zero-order chi connectivity index (χ0) is 29.7. The maximum Gasteiger partial charge on any atom is 0.442 e. The van der Waals surface area contributed by atoms with E-state index in [2.05, 4.69) is 20.5 Å². The van der Waals surface area contributed by atoms with Crippen molar-refractivity contribution in [2.75, 3.05) is 5.32 Å². The molecule has 4 heterocycles. The fourth-order valence-electron chi connectivity index (χ4n) is 4.18. The predicted octanol–water partition coefficient (Wildman–Crippen LogP) is 4.60. The third kappa shape index (κ3) is 4.96. The summed E-state index contributed by atoms with van der Waals surface area (Å²) in [5.41, 5.74) is 2.17.